The molecule has 0 aliphatic carbocycles. The number of aryl methyl sites for hydroxylation is 1. The predicted octanol–water partition coefficient (Wildman–Crippen LogP) is 2.77. The van der Waals surface area contributed by atoms with Gasteiger partial charge < -0.3 is 11.1 Å². The first kappa shape index (κ1) is 25.1. The summed E-state index contributed by atoms with van der Waals surface area (Å²) in [6, 6.07) is 16.5. The number of unbranched alkanes of at least 4 members (excludes halogenated alkanes) is 1. The number of carbonyl (C=O) groups excluding carboxylic acids is 1. The Bertz CT molecular complexity index is 1330. The number of halogens is 1. The van der Waals surface area contributed by atoms with Crippen molar-refractivity contribution in [3.05, 3.63) is 82.4 Å². The number of benzene rings is 2. The summed E-state index contributed by atoms with van der Waals surface area (Å²) in [7, 11) is 0. The summed E-state index contributed by atoms with van der Waals surface area (Å²) in [5.41, 5.74) is 3.54. The van der Waals surface area contributed by atoms with E-state index < -0.39 is 5.97 Å². The van der Waals surface area contributed by atoms with Crippen molar-refractivity contribution in [2.45, 2.75) is 32.7 Å². The molecule has 2 aromatic carbocycles. The zero-order valence-corrected chi connectivity index (χ0v) is 21.3. The molecule has 4 aromatic rings. The van der Waals surface area contributed by atoms with Crippen LogP contribution in [0, 0.1) is 0 Å². The van der Waals surface area contributed by atoms with Gasteiger partial charge in [-0.1, -0.05) is 55.3 Å². The molecule has 8 heteroatoms. The van der Waals surface area contributed by atoms with Gasteiger partial charge in [0.2, 0.25) is 0 Å². The van der Waals surface area contributed by atoms with Gasteiger partial charge in [-0.05, 0) is 36.2 Å². The summed E-state index contributed by atoms with van der Waals surface area (Å²) in [5.74, 6) is -0.181. The third-order valence-electron chi connectivity index (χ3n) is 5.43. The second-order valence-corrected chi connectivity index (χ2v) is 7.94. The quantitative estimate of drug-likeness (QED) is 0.315. The van der Waals surface area contributed by atoms with Gasteiger partial charge in [-0.25, -0.2) is 14.8 Å². The smallest absolute Gasteiger partial charge is 1.00 e. The second-order valence-electron chi connectivity index (χ2n) is 7.59. The van der Waals surface area contributed by atoms with Crippen molar-refractivity contribution in [3.8, 4) is 11.3 Å². The molecule has 0 spiro atoms. The fourth-order valence-corrected chi connectivity index (χ4v) is 4.04. The predicted molar refractivity (Wildman–Crippen MR) is 126 cm³/mol. The molecule has 0 amide bonds. The Morgan fingerprint density at radius 3 is 2.67 bits per heavy atom. The molecule has 164 valence electrons. The van der Waals surface area contributed by atoms with Crippen molar-refractivity contribution < 1.29 is 45.7 Å². The van der Waals surface area contributed by atoms with Gasteiger partial charge >= 0.3 is 35.5 Å². The van der Waals surface area contributed by atoms with Crippen LogP contribution in [0.2, 0.25) is 5.15 Å². The topological polar surface area (TPSA) is 85.1 Å². The molecule has 2 heterocycles. The Balaban J connectivity index is 0.00000204. The van der Waals surface area contributed by atoms with E-state index in [-0.39, 0.29) is 41.7 Å². The van der Waals surface area contributed by atoms with Crippen LogP contribution in [0.3, 0.4) is 0 Å². The Hall–Kier alpha value is -2.51. The number of hydrogen-bond donors (Lipinski definition) is 1. The maximum atomic E-state index is 11.6. The number of aldehydes is 1. The standard InChI is InChI=1S/C25H22ClN3O3.Na.H/c1-2-3-8-23-28-24(26)22(15-30)29(23)14-16-9-11-20-17(13-16)10-12-21(27-20)18-6-4-5-7-19(18)25(31)32;;/h4-7,9-13,15H,2-3,8,14H2,1H3,(H,31,32);;/q;+1;-1. The largest absolute Gasteiger partial charge is 1.00 e. The van der Waals surface area contributed by atoms with E-state index in [4.69, 9.17) is 11.6 Å². The molecule has 1 N–H and O–H groups in total. The fraction of sp³-hybridized carbons (Fsp3) is 0.200. The van der Waals surface area contributed by atoms with Gasteiger partial charge in [-0.3, -0.25) is 4.79 Å². The number of hydrogen-bond acceptors (Lipinski definition) is 4. The summed E-state index contributed by atoms with van der Waals surface area (Å²) < 4.78 is 1.87. The fourth-order valence-electron chi connectivity index (χ4n) is 3.79. The maximum absolute atomic E-state index is 11.6. The van der Waals surface area contributed by atoms with Crippen molar-refractivity contribution in [1.29, 1.82) is 0 Å². The minimum absolute atomic E-state index is 0. The molecule has 0 atom stereocenters. The third kappa shape index (κ3) is 5.36. The molecule has 0 fully saturated rings. The molecule has 4 rings (SSSR count). The zero-order chi connectivity index (χ0) is 22.7. The monoisotopic (exact) mass is 471 g/mol. The van der Waals surface area contributed by atoms with E-state index >= 15 is 0 Å². The Kier molecular flexibility index (Phi) is 8.43. The number of pyridine rings is 1. The number of imidazole rings is 1. The summed E-state index contributed by atoms with van der Waals surface area (Å²) in [5, 5.41) is 10.6. The second kappa shape index (κ2) is 11.1. The van der Waals surface area contributed by atoms with Crippen LogP contribution in [0.5, 0.6) is 0 Å². The first-order valence-electron chi connectivity index (χ1n) is 10.4. The van der Waals surface area contributed by atoms with Gasteiger partial charge in [0.05, 0.1) is 16.8 Å². The number of nitrogens with zero attached hydrogens (tertiary/aromatic N) is 3. The Labute approximate surface area is 220 Å². The third-order valence-corrected chi connectivity index (χ3v) is 5.71. The number of carbonyl (C=O) groups is 2. The average Bonchev–Trinajstić information content (AvgIpc) is 3.10. The summed E-state index contributed by atoms with van der Waals surface area (Å²) in [6.45, 7) is 2.58. The Morgan fingerprint density at radius 2 is 1.94 bits per heavy atom. The van der Waals surface area contributed by atoms with E-state index in [2.05, 4.69) is 16.9 Å². The minimum atomic E-state index is -0.985. The van der Waals surface area contributed by atoms with Crippen molar-refractivity contribution >= 4 is 34.8 Å². The van der Waals surface area contributed by atoms with Crippen molar-refractivity contribution in [2.24, 2.45) is 0 Å². The number of rotatable bonds is 8. The van der Waals surface area contributed by atoms with Gasteiger partial charge in [0.25, 0.3) is 0 Å². The first-order valence-corrected chi connectivity index (χ1v) is 10.8. The number of carboxylic acids is 1. The molecular weight excluding hydrogens is 449 g/mol. The van der Waals surface area contributed by atoms with Crippen LogP contribution >= 0.6 is 11.6 Å². The van der Waals surface area contributed by atoms with Gasteiger partial charge in [0, 0.05) is 23.9 Å². The van der Waals surface area contributed by atoms with Crippen LogP contribution < -0.4 is 29.6 Å². The van der Waals surface area contributed by atoms with E-state index in [1.165, 1.54) is 0 Å². The average molecular weight is 472 g/mol. The molecule has 0 radical (unpaired) electrons. The first-order chi connectivity index (χ1) is 15.5. The molecule has 0 bridgehead atoms. The van der Waals surface area contributed by atoms with Crippen molar-refractivity contribution in [1.82, 2.24) is 14.5 Å². The van der Waals surface area contributed by atoms with Gasteiger partial charge in [-0.2, -0.15) is 0 Å². The van der Waals surface area contributed by atoms with Gasteiger partial charge in [0.1, 0.15) is 11.5 Å². The van der Waals surface area contributed by atoms with Crippen LogP contribution in [0.1, 0.15) is 53.4 Å². The normalized spacial score (nSPS) is 10.7. The van der Waals surface area contributed by atoms with E-state index in [9.17, 15) is 14.7 Å². The van der Waals surface area contributed by atoms with Gasteiger partial charge in [-0.15, -0.1) is 0 Å². The number of aromatic carboxylic acids is 1. The van der Waals surface area contributed by atoms with Crippen LogP contribution in [-0.2, 0) is 13.0 Å². The van der Waals surface area contributed by atoms with Crippen LogP contribution in [0.4, 0.5) is 0 Å². The molecule has 6 nitrogen and oxygen atoms in total. The molecule has 0 unspecified atom stereocenters. The maximum Gasteiger partial charge on any atom is 1.00 e. The van der Waals surface area contributed by atoms with Gasteiger partial charge in [0.15, 0.2) is 11.4 Å². The SMILES string of the molecule is CCCCc1nc(Cl)c(C=O)n1Cc1ccc2nc(-c3ccccc3C(=O)O)ccc2c1.[H-].[Na+]. The van der Waals surface area contributed by atoms with E-state index in [1.807, 2.05) is 34.9 Å². The zero-order valence-electron chi connectivity index (χ0n) is 19.6. The molecule has 2 aromatic heterocycles. The summed E-state index contributed by atoms with van der Waals surface area (Å²) >= 11 is 6.19. The van der Waals surface area contributed by atoms with Crippen LogP contribution in [0.15, 0.2) is 54.6 Å². The molecule has 33 heavy (non-hydrogen) atoms. The van der Waals surface area contributed by atoms with E-state index in [0.717, 1.165) is 47.8 Å². The van der Waals surface area contributed by atoms with Crippen LogP contribution in [0.25, 0.3) is 22.2 Å². The molecular formula is C25H23ClN3NaO3. The number of carboxylic acid groups (broad SMARTS) is 1. The molecule has 0 aliphatic heterocycles. The number of fused-ring (bicyclic) bond motifs is 1. The van der Waals surface area contributed by atoms with E-state index in [1.54, 1.807) is 24.3 Å². The Morgan fingerprint density at radius 1 is 1.15 bits per heavy atom. The summed E-state index contributed by atoms with van der Waals surface area (Å²) in [6.07, 6.45) is 3.49. The van der Waals surface area contributed by atoms with Crippen molar-refractivity contribution in [2.75, 3.05) is 0 Å². The molecule has 0 saturated carbocycles. The van der Waals surface area contributed by atoms with Crippen molar-refractivity contribution in [3.63, 3.8) is 0 Å². The molecule has 0 saturated heterocycles. The summed E-state index contributed by atoms with van der Waals surface area (Å²) in [4.78, 5) is 32.2. The van der Waals surface area contributed by atoms with E-state index in [0.29, 0.717) is 23.5 Å². The van der Waals surface area contributed by atoms with Crippen LogP contribution in [-0.4, -0.2) is 31.9 Å². The minimum Gasteiger partial charge on any atom is -1.00 e. The molecule has 0 aliphatic rings. The number of aromatic nitrogens is 3.